The first-order valence-corrected chi connectivity index (χ1v) is 16.6. The van der Waals surface area contributed by atoms with Crippen molar-refractivity contribution in [2.45, 2.75) is 0 Å². The maximum atomic E-state index is 5.08. The summed E-state index contributed by atoms with van der Waals surface area (Å²) in [4.78, 5) is 10.1. The molecule has 0 saturated carbocycles. The second kappa shape index (κ2) is 12.2. The van der Waals surface area contributed by atoms with Gasteiger partial charge in [0.25, 0.3) is 0 Å². The van der Waals surface area contributed by atoms with Gasteiger partial charge < -0.3 is 4.57 Å². The Morgan fingerprint density at radius 1 is 0.306 bits per heavy atom. The summed E-state index contributed by atoms with van der Waals surface area (Å²) in [5.74, 6) is 0.705. The molecule has 0 aliphatic rings. The van der Waals surface area contributed by atoms with Gasteiger partial charge in [-0.1, -0.05) is 158 Å². The summed E-state index contributed by atoms with van der Waals surface area (Å²) in [6.45, 7) is 0. The number of hydrogen-bond donors (Lipinski definition) is 0. The van der Waals surface area contributed by atoms with Gasteiger partial charge in [0.15, 0.2) is 5.82 Å². The third-order valence-electron chi connectivity index (χ3n) is 9.27. The Hall–Kier alpha value is -6.58. The fraction of sp³-hybridized carbons (Fsp3) is 0. The lowest BCUT2D eigenvalue weighted by molar-refractivity contribution is 1.18. The highest BCUT2D eigenvalue weighted by molar-refractivity contribution is 6.09. The van der Waals surface area contributed by atoms with Crippen LogP contribution < -0.4 is 0 Å². The zero-order valence-corrected chi connectivity index (χ0v) is 26.7. The van der Waals surface area contributed by atoms with Crippen molar-refractivity contribution in [3.05, 3.63) is 188 Å². The highest BCUT2D eigenvalue weighted by Gasteiger charge is 2.13. The van der Waals surface area contributed by atoms with Gasteiger partial charge >= 0.3 is 0 Å². The lowest BCUT2D eigenvalue weighted by Gasteiger charge is -2.11. The van der Waals surface area contributed by atoms with E-state index in [-0.39, 0.29) is 0 Å². The highest BCUT2D eigenvalue weighted by Crippen LogP contribution is 2.34. The molecule has 2 aromatic heterocycles. The van der Waals surface area contributed by atoms with Gasteiger partial charge in [-0.15, -0.1) is 0 Å². The smallest absolute Gasteiger partial charge is 0.160 e. The predicted octanol–water partition coefficient (Wildman–Crippen LogP) is 11.9. The Morgan fingerprint density at radius 3 is 1.20 bits per heavy atom. The van der Waals surface area contributed by atoms with E-state index in [1.807, 2.05) is 24.3 Å². The number of benzene rings is 7. The first kappa shape index (κ1) is 28.6. The molecule has 0 unspecified atom stereocenters. The topological polar surface area (TPSA) is 30.7 Å². The summed E-state index contributed by atoms with van der Waals surface area (Å²) < 4.78 is 2.35. The third-order valence-corrected chi connectivity index (χ3v) is 9.27. The fourth-order valence-electron chi connectivity index (χ4n) is 6.76. The van der Waals surface area contributed by atoms with Crippen molar-refractivity contribution in [1.29, 1.82) is 0 Å². The van der Waals surface area contributed by atoms with E-state index in [4.69, 9.17) is 9.97 Å². The van der Waals surface area contributed by atoms with Crippen LogP contribution in [0.3, 0.4) is 0 Å². The van der Waals surface area contributed by atoms with Crippen LogP contribution >= 0.6 is 0 Å². The minimum absolute atomic E-state index is 0.705. The van der Waals surface area contributed by atoms with Crippen molar-refractivity contribution in [2.75, 3.05) is 0 Å². The lowest BCUT2D eigenvalue weighted by atomic mass is 10.0. The average Bonchev–Trinajstić information content (AvgIpc) is 3.53. The van der Waals surface area contributed by atoms with Gasteiger partial charge in [0.1, 0.15) is 0 Å². The van der Waals surface area contributed by atoms with Crippen LogP contribution in [0.15, 0.2) is 188 Å². The molecule has 0 spiro atoms. The zero-order valence-electron chi connectivity index (χ0n) is 26.7. The van der Waals surface area contributed by atoms with Gasteiger partial charge in [-0.25, -0.2) is 9.97 Å². The number of fused-ring (bicyclic) bond motifs is 3. The van der Waals surface area contributed by atoms with Gasteiger partial charge in [-0.3, -0.25) is 0 Å². The van der Waals surface area contributed by atoms with Crippen molar-refractivity contribution in [3.8, 4) is 61.8 Å². The number of nitrogens with zero attached hydrogens (tertiary/aromatic N) is 3. The fourth-order valence-corrected chi connectivity index (χ4v) is 6.76. The quantitative estimate of drug-likeness (QED) is 0.184. The normalized spacial score (nSPS) is 11.3. The Morgan fingerprint density at radius 2 is 0.673 bits per heavy atom. The second-order valence-corrected chi connectivity index (χ2v) is 12.3. The van der Waals surface area contributed by atoms with E-state index in [1.54, 1.807) is 0 Å². The van der Waals surface area contributed by atoms with Crippen LogP contribution in [0.4, 0.5) is 0 Å². The minimum Gasteiger partial charge on any atom is -0.309 e. The molecule has 0 fully saturated rings. The molecular weight excluding hydrogens is 595 g/mol. The van der Waals surface area contributed by atoms with Gasteiger partial charge in [0, 0.05) is 33.2 Å². The van der Waals surface area contributed by atoms with Crippen molar-refractivity contribution < 1.29 is 0 Å². The molecule has 0 aliphatic carbocycles. The summed E-state index contributed by atoms with van der Waals surface area (Å²) in [6, 6.07) is 66.1. The predicted molar refractivity (Wildman–Crippen MR) is 204 cm³/mol. The average molecular weight is 626 g/mol. The molecular formula is C46H31N3. The molecule has 0 amide bonds. The summed E-state index contributed by atoms with van der Waals surface area (Å²) >= 11 is 0. The van der Waals surface area contributed by atoms with Gasteiger partial charge in [0.2, 0.25) is 0 Å². The molecule has 0 atom stereocenters. The summed E-state index contributed by atoms with van der Waals surface area (Å²) in [5.41, 5.74) is 13.2. The van der Waals surface area contributed by atoms with Gasteiger partial charge in [-0.05, 0) is 52.6 Å². The van der Waals surface area contributed by atoms with Crippen LogP contribution in [0.5, 0.6) is 0 Å². The monoisotopic (exact) mass is 625 g/mol. The largest absolute Gasteiger partial charge is 0.309 e. The molecule has 9 aromatic rings. The molecule has 0 bridgehead atoms. The molecule has 49 heavy (non-hydrogen) atoms. The molecule has 0 saturated heterocycles. The molecule has 230 valence electrons. The summed E-state index contributed by atoms with van der Waals surface area (Å²) in [6.07, 6.45) is 0. The Bertz CT molecular complexity index is 2500. The van der Waals surface area contributed by atoms with Crippen LogP contribution in [0, 0.1) is 0 Å². The van der Waals surface area contributed by atoms with Crippen molar-refractivity contribution in [3.63, 3.8) is 0 Å². The first-order chi connectivity index (χ1) is 24.3. The Kier molecular flexibility index (Phi) is 7.14. The molecule has 2 heterocycles. The lowest BCUT2D eigenvalue weighted by Crippen LogP contribution is -1.96. The molecule has 0 N–H and O–H groups in total. The first-order valence-electron chi connectivity index (χ1n) is 16.6. The van der Waals surface area contributed by atoms with Crippen molar-refractivity contribution in [2.24, 2.45) is 0 Å². The molecule has 0 aliphatic heterocycles. The molecule has 3 nitrogen and oxygen atoms in total. The summed E-state index contributed by atoms with van der Waals surface area (Å²) in [7, 11) is 0. The Labute approximate surface area is 285 Å². The van der Waals surface area contributed by atoms with E-state index in [1.165, 1.54) is 32.9 Å². The third kappa shape index (κ3) is 5.38. The SMILES string of the molecule is c1ccc(-c2ccc(-c3cc(-c4ccccc4)nc(-c4ccc(-c5ccc(-n6c7ccccc7c7ccccc76)cc5)cc4)n3)cc2)cc1. The number of para-hydroxylation sites is 2. The minimum atomic E-state index is 0.705. The molecule has 0 radical (unpaired) electrons. The van der Waals surface area contributed by atoms with E-state index in [0.717, 1.165) is 44.9 Å². The maximum Gasteiger partial charge on any atom is 0.160 e. The maximum absolute atomic E-state index is 5.08. The number of hydrogen-bond acceptors (Lipinski definition) is 2. The van der Waals surface area contributed by atoms with Crippen molar-refractivity contribution >= 4 is 21.8 Å². The van der Waals surface area contributed by atoms with Gasteiger partial charge in [0.05, 0.1) is 22.4 Å². The van der Waals surface area contributed by atoms with Crippen LogP contribution in [-0.4, -0.2) is 14.5 Å². The van der Waals surface area contributed by atoms with E-state index in [9.17, 15) is 0 Å². The highest BCUT2D eigenvalue weighted by atomic mass is 15.0. The van der Waals surface area contributed by atoms with Crippen LogP contribution in [0.1, 0.15) is 0 Å². The zero-order chi connectivity index (χ0) is 32.6. The van der Waals surface area contributed by atoms with Crippen LogP contribution in [-0.2, 0) is 0 Å². The van der Waals surface area contributed by atoms with Gasteiger partial charge in [-0.2, -0.15) is 0 Å². The van der Waals surface area contributed by atoms with E-state index in [2.05, 4.69) is 168 Å². The Balaban J connectivity index is 1.05. The second-order valence-electron chi connectivity index (χ2n) is 12.3. The molecule has 7 aromatic carbocycles. The van der Waals surface area contributed by atoms with Crippen LogP contribution in [0.2, 0.25) is 0 Å². The van der Waals surface area contributed by atoms with Crippen LogP contribution in [0.25, 0.3) is 83.6 Å². The standard InChI is InChI=1S/C46H31N3/c1-3-11-32(12-4-1)33-19-23-37(24-20-33)43-31-42(36-13-5-2-6-14-36)47-46(48-43)38-25-21-34(22-26-38)35-27-29-39(30-28-35)49-44-17-9-7-15-40(44)41-16-8-10-18-45(41)49/h1-31H. The molecule has 3 heteroatoms. The number of rotatable bonds is 6. The molecule has 9 rings (SSSR count). The van der Waals surface area contributed by atoms with E-state index >= 15 is 0 Å². The van der Waals surface area contributed by atoms with Crippen molar-refractivity contribution in [1.82, 2.24) is 14.5 Å². The number of aromatic nitrogens is 3. The van der Waals surface area contributed by atoms with E-state index < -0.39 is 0 Å². The van der Waals surface area contributed by atoms with E-state index in [0.29, 0.717) is 5.82 Å². The summed E-state index contributed by atoms with van der Waals surface area (Å²) in [5, 5.41) is 2.53.